The van der Waals surface area contributed by atoms with Crippen molar-refractivity contribution in [3.05, 3.63) is 61.3 Å². The topological polar surface area (TPSA) is 123 Å². The zero-order chi connectivity index (χ0) is 23.4. The third kappa shape index (κ3) is 4.82. The molecule has 1 aromatic heterocycles. The van der Waals surface area contributed by atoms with Gasteiger partial charge in [-0.2, -0.15) is 0 Å². The van der Waals surface area contributed by atoms with Crippen molar-refractivity contribution in [3.8, 4) is 0 Å². The summed E-state index contributed by atoms with van der Waals surface area (Å²) in [5, 5.41) is 0.713. The van der Waals surface area contributed by atoms with E-state index in [4.69, 9.17) is 10.5 Å². The van der Waals surface area contributed by atoms with E-state index in [1.807, 2.05) is 12.1 Å². The summed E-state index contributed by atoms with van der Waals surface area (Å²) in [6, 6.07) is 7.22. The summed E-state index contributed by atoms with van der Waals surface area (Å²) in [6.07, 6.45) is 2.73. The van der Waals surface area contributed by atoms with Gasteiger partial charge in [0.2, 0.25) is 4.87 Å². The van der Waals surface area contributed by atoms with E-state index in [0.717, 1.165) is 16.5 Å². The van der Waals surface area contributed by atoms with Gasteiger partial charge in [-0.3, -0.25) is 9.69 Å². The minimum absolute atomic E-state index is 0.267. The van der Waals surface area contributed by atoms with Gasteiger partial charge in [-0.05, 0) is 32.4 Å². The summed E-state index contributed by atoms with van der Waals surface area (Å²) >= 11 is 0. The second-order valence-corrected chi connectivity index (χ2v) is 10.4. The number of fused-ring (bicyclic) bond motifs is 1. The lowest BCUT2D eigenvalue weighted by Crippen LogP contribution is -2.66. The number of nitrogens with one attached hydrogen (secondary N) is 1. The molecule has 3 N–H and O–H groups in total. The van der Waals surface area contributed by atoms with Gasteiger partial charge in [-0.25, -0.2) is 13.2 Å². The number of nitrogens with zero attached hydrogens (tertiary/aromatic N) is 1. The molecule has 1 atom stereocenters. The Hall–Kier alpha value is -3.07. The van der Waals surface area contributed by atoms with Crippen molar-refractivity contribution in [2.24, 2.45) is 5.73 Å². The number of sulfone groups is 1. The van der Waals surface area contributed by atoms with Crippen molar-refractivity contribution in [2.45, 2.75) is 37.7 Å². The molecule has 1 aromatic carbocycles. The highest BCUT2D eigenvalue weighted by Crippen LogP contribution is 2.33. The normalized spacial score (nSPS) is 13.9. The Morgan fingerprint density at radius 3 is 2.39 bits per heavy atom. The number of nitrogens with two attached hydrogens (primary N) is 1. The Morgan fingerprint density at radius 1 is 1.19 bits per heavy atom. The van der Waals surface area contributed by atoms with Crippen LogP contribution in [0.2, 0.25) is 0 Å². The van der Waals surface area contributed by atoms with Gasteiger partial charge in [0.25, 0.3) is 5.91 Å². The number of H-pyrrole nitrogens is 1. The number of para-hydroxylation sites is 1. The Morgan fingerprint density at radius 2 is 1.84 bits per heavy atom. The standard InChI is InChI=1S/C22H29N3O5S/c1-6-12-25(20(27)30-21(3,4)5)22(19(23)26,31(28,29)13-7-2)14-16-15-24-18-11-9-8-10-17(16)18/h6-11,15,24H,1-2,12-14H2,3-5H3,(H2,23,26)/t22-/m1/s1. The maximum atomic E-state index is 13.5. The molecule has 0 saturated heterocycles. The third-order valence-corrected chi connectivity index (χ3v) is 6.97. The molecule has 0 unspecified atom stereocenters. The molecule has 8 nitrogen and oxygen atoms in total. The number of amides is 2. The Bertz CT molecular complexity index is 1100. The van der Waals surface area contributed by atoms with E-state index in [9.17, 15) is 18.0 Å². The first-order valence-electron chi connectivity index (χ1n) is 9.69. The molecule has 1 heterocycles. The molecule has 0 radical (unpaired) electrons. The van der Waals surface area contributed by atoms with Crippen LogP contribution in [0.25, 0.3) is 10.9 Å². The molecular formula is C22H29N3O5S. The van der Waals surface area contributed by atoms with Gasteiger partial charge in [0.1, 0.15) is 5.60 Å². The summed E-state index contributed by atoms with van der Waals surface area (Å²) < 4.78 is 32.4. The number of rotatable bonds is 9. The molecule has 2 aromatic rings. The van der Waals surface area contributed by atoms with Gasteiger partial charge >= 0.3 is 6.09 Å². The minimum atomic E-state index is -4.33. The fourth-order valence-corrected chi connectivity index (χ4v) is 5.14. The highest BCUT2D eigenvalue weighted by molar-refractivity contribution is 7.93. The first-order chi connectivity index (χ1) is 14.4. The quantitative estimate of drug-likeness (QED) is 0.572. The van der Waals surface area contributed by atoms with Gasteiger partial charge in [-0.1, -0.05) is 30.4 Å². The number of carbonyl (C=O) groups excluding carboxylic acids is 2. The highest BCUT2D eigenvalue weighted by atomic mass is 32.2. The molecule has 168 valence electrons. The number of benzene rings is 1. The predicted octanol–water partition coefficient (Wildman–Crippen LogP) is 2.92. The maximum absolute atomic E-state index is 13.5. The van der Waals surface area contributed by atoms with E-state index in [2.05, 4.69) is 18.1 Å². The lowest BCUT2D eigenvalue weighted by molar-refractivity contribution is -0.125. The van der Waals surface area contributed by atoms with Crippen molar-refractivity contribution in [2.75, 3.05) is 12.3 Å². The zero-order valence-corrected chi connectivity index (χ0v) is 18.9. The van der Waals surface area contributed by atoms with Crippen molar-refractivity contribution in [3.63, 3.8) is 0 Å². The van der Waals surface area contributed by atoms with Crippen LogP contribution in [0.15, 0.2) is 55.8 Å². The van der Waals surface area contributed by atoms with Crippen LogP contribution in [-0.4, -0.2) is 53.1 Å². The lowest BCUT2D eigenvalue weighted by atomic mass is 10.0. The first kappa shape index (κ1) is 24.2. The fourth-order valence-electron chi connectivity index (χ4n) is 3.39. The summed E-state index contributed by atoms with van der Waals surface area (Å²) in [5.74, 6) is -1.75. The highest BCUT2D eigenvalue weighted by Gasteiger charge is 2.56. The second kappa shape index (κ2) is 8.97. The number of ether oxygens (including phenoxy) is 1. The molecule has 0 spiro atoms. The molecule has 0 aliphatic rings. The van der Waals surface area contributed by atoms with E-state index < -0.39 is 38.1 Å². The summed E-state index contributed by atoms with van der Waals surface area (Å²) in [6.45, 7) is 11.7. The minimum Gasteiger partial charge on any atom is -0.444 e. The predicted molar refractivity (Wildman–Crippen MR) is 121 cm³/mol. The number of hydrogen-bond donors (Lipinski definition) is 2. The van der Waals surface area contributed by atoms with E-state index in [1.54, 1.807) is 39.1 Å². The van der Waals surface area contributed by atoms with Crippen LogP contribution in [0.3, 0.4) is 0 Å². The van der Waals surface area contributed by atoms with Gasteiger partial charge in [0.15, 0.2) is 9.84 Å². The number of aromatic nitrogens is 1. The van der Waals surface area contributed by atoms with Gasteiger partial charge in [0, 0.05) is 30.1 Å². The van der Waals surface area contributed by atoms with Crippen molar-refractivity contribution < 1.29 is 22.7 Å². The first-order valence-corrected chi connectivity index (χ1v) is 11.3. The second-order valence-electron chi connectivity index (χ2n) is 8.13. The van der Waals surface area contributed by atoms with Crippen molar-refractivity contribution in [1.82, 2.24) is 9.88 Å². The molecule has 0 aliphatic carbocycles. The van der Waals surface area contributed by atoms with E-state index >= 15 is 0 Å². The molecule has 0 aliphatic heterocycles. The molecule has 9 heteroatoms. The monoisotopic (exact) mass is 447 g/mol. The average Bonchev–Trinajstić information content (AvgIpc) is 3.05. The van der Waals surface area contributed by atoms with E-state index in [1.165, 1.54) is 6.08 Å². The fraction of sp³-hybridized carbons (Fsp3) is 0.364. The molecule has 31 heavy (non-hydrogen) atoms. The summed E-state index contributed by atoms with van der Waals surface area (Å²) in [7, 11) is -4.33. The summed E-state index contributed by atoms with van der Waals surface area (Å²) in [4.78, 5) is 27.5. The SMILES string of the molecule is C=CCN(C(=O)OC(C)(C)C)[C@@](Cc1c[nH]c2ccccc12)(C(N)=O)S(=O)(=O)CC=C. The average molecular weight is 448 g/mol. The Kier molecular flexibility index (Phi) is 7.00. The molecule has 0 saturated carbocycles. The van der Waals surface area contributed by atoms with Gasteiger partial charge < -0.3 is 15.5 Å². The number of carbonyl (C=O) groups is 2. The van der Waals surface area contributed by atoms with Crippen molar-refractivity contribution >= 4 is 32.7 Å². The Balaban J connectivity index is 2.78. The van der Waals surface area contributed by atoms with Gasteiger partial charge in [0.05, 0.1) is 5.75 Å². The smallest absolute Gasteiger partial charge is 0.412 e. The lowest BCUT2D eigenvalue weighted by Gasteiger charge is -2.40. The van der Waals surface area contributed by atoms with Crippen molar-refractivity contribution in [1.29, 1.82) is 0 Å². The number of hydrogen-bond acceptors (Lipinski definition) is 5. The zero-order valence-electron chi connectivity index (χ0n) is 18.1. The van der Waals surface area contributed by atoms with E-state index in [0.29, 0.717) is 10.9 Å². The largest absolute Gasteiger partial charge is 0.444 e. The Labute approximate surface area is 182 Å². The molecule has 2 amide bonds. The van der Waals surface area contributed by atoms with Crippen LogP contribution < -0.4 is 5.73 Å². The third-order valence-electron chi connectivity index (χ3n) is 4.70. The van der Waals surface area contributed by atoms with Crippen LogP contribution in [0, 0.1) is 0 Å². The maximum Gasteiger partial charge on any atom is 0.412 e. The van der Waals surface area contributed by atoms with E-state index in [-0.39, 0.29) is 13.0 Å². The van der Waals surface area contributed by atoms with Crippen LogP contribution in [0.4, 0.5) is 4.79 Å². The van der Waals surface area contributed by atoms with Gasteiger partial charge in [-0.15, -0.1) is 13.2 Å². The molecule has 2 rings (SSSR count). The molecular weight excluding hydrogens is 418 g/mol. The van der Waals surface area contributed by atoms with Crippen LogP contribution in [0.1, 0.15) is 26.3 Å². The summed E-state index contributed by atoms with van der Waals surface area (Å²) in [5.41, 5.74) is 6.08. The number of primary amides is 1. The molecule has 0 fully saturated rings. The number of aromatic amines is 1. The van der Waals surface area contributed by atoms with Crippen LogP contribution in [0.5, 0.6) is 0 Å². The van der Waals surface area contributed by atoms with Crippen LogP contribution >= 0.6 is 0 Å². The molecule has 0 bridgehead atoms. The van der Waals surface area contributed by atoms with Crippen LogP contribution in [-0.2, 0) is 25.8 Å².